The summed E-state index contributed by atoms with van der Waals surface area (Å²) in [4.78, 5) is 14.0. The van der Waals surface area contributed by atoms with Crippen LogP contribution in [0, 0.1) is 0 Å². The zero-order chi connectivity index (χ0) is 16.5. The molecule has 2 fully saturated rings. The lowest BCUT2D eigenvalue weighted by Crippen LogP contribution is -2.60. The van der Waals surface area contributed by atoms with Crippen molar-refractivity contribution < 1.29 is 9.22 Å². The molecule has 1 saturated carbocycles. The second kappa shape index (κ2) is 7.01. The molecule has 128 valence electrons. The zero-order valence-corrected chi connectivity index (χ0v) is 16.2. The Morgan fingerprint density at radius 2 is 1.64 bits per heavy atom. The largest absolute Gasteiger partial charge is 0.413 e. The number of nitrogens with zero attached hydrogens (tertiary/aromatic N) is 1. The Bertz CT molecular complexity index is 370. The molecule has 0 unspecified atom stereocenters. The highest BCUT2D eigenvalue weighted by atomic mass is 28.4. The minimum atomic E-state index is -1.77. The van der Waals surface area contributed by atoms with Crippen LogP contribution in [-0.2, 0) is 9.22 Å². The van der Waals surface area contributed by atoms with Crippen LogP contribution in [0.3, 0.4) is 0 Å². The molecule has 0 spiro atoms. The van der Waals surface area contributed by atoms with Crippen LogP contribution in [-0.4, -0.2) is 50.9 Å². The maximum Gasteiger partial charge on any atom is 0.236 e. The number of hydrogen-bond acceptors (Lipinski definition) is 3. The smallest absolute Gasteiger partial charge is 0.236 e. The van der Waals surface area contributed by atoms with Gasteiger partial charge in [0.15, 0.2) is 0 Å². The van der Waals surface area contributed by atoms with Crippen molar-refractivity contribution in [2.75, 3.05) is 19.6 Å². The molecule has 1 aliphatic carbocycles. The highest BCUT2D eigenvalue weighted by molar-refractivity contribution is 6.77. The Morgan fingerprint density at radius 3 is 2.09 bits per heavy atom. The fraction of sp³-hybridized carbons (Fsp3) is 0.941. The van der Waals surface area contributed by atoms with Crippen molar-refractivity contribution in [1.82, 2.24) is 10.2 Å². The van der Waals surface area contributed by atoms with E-state index in [1.165, 1.54) is 0 Å². The van der Waals surface area contributed by atoms with E-state index in [1.807, 2.05) is 0 Å². The van der Waals surface area contributed by atoms with Crippen molar-refractivity contribution in [2.45, 2.75) is 83.2 Å². The Kier molecular flexibility index (Phi) is 5.72. The minimum absolute atomic E-state index is 0.259. The average molecular weight is 327 g/mol. The predicted octanol–water partition coefficient (Wildman–Crippen LogP) is 3.14. The Balaban J connectivity index is 1.95. The molecule has 4 nitrogen and oxygen atoms in total. The Hall–Kier alpha value is -0.393. The van der Waals surface area contributed by atoms with Gasteiger partial charge in [-0.05, 0) is 29.5 Å². The van der Waals surface area contributed by atoms with Crippen LogP contribution in [0.25, 0.3) is 0 Å². The molecule has 1 saturated heterocycles. The highest BCUT2D eigenvalue weighted by Crippen LogP contribution is 2.45. The van der Waals surface area contributed by atoms with E-state index in [2.05, 4.69) is 51.8 Å². The van der Waals surface area contributed by atoms with E-state index in [9.17, 15) is 4.79 Å². The van der Waals surface area contributed by atoms with Crippen molar-refractivity contribution in [1.29, 1.82) is 0 Å². The summed E-state index contributed by atoms with van der Waals surface area (Å²) in [5.74, 6) is 0.259. The second-order valence-corrected chi connectivity index (χ2v) is 13.4. The van der Waals surface area contributed by atoms with E-state index in [4.69, 9.17) is 4.43 Å². The van der Waals surface area contributed by atoms with E-state index in [0.717, 1.165) is 25.9 Å². The number of carbonyl (C=O) groups is 1. The number of piperazine rings is 1. The number of rotatable bonds is 6. The van der Waals surface area contributed by atoms with Crippen LogP contribution in [0.4, 0.5) is 0 Å². The van der Waals surface area contributed by atoms with Gasteiger partial charge in [0.1, 0.15) is 0 Å². The van der Waals surface area contributed by atoms with Crippen molar-refractivity contribution in [2.24, 2.45) is 0 Å². The van der Waals surface area contributed by atoms with Crippen molar-refractivity contribution in [3.8, 4) is 0 Å². The summed E-state index contributed by atoms with van der Waals surface area (Å²) in [6.07, 6.45) is 2.44. The second-order valence-electron chi connectivity index (χ2n) is 7.95. The molecule has 0 aromatic rings. The van der Waals surface area contributed by atoms with Gasteiger partial charge >= 0.3 is 0 Å². The first kappa shape index (κ1) is 18.0. The topological polar surface area (TPSA) is 41.6 Å². The molecule has 22 heavy (non-hydrogen) atoms. The van der Waals surface area contributed by atoms with Crippen molar-refractivity contribution >= 4 is 14.2 Å². The van der Waals surface area contributed by atoms with Crippen LogP contribution < -0.4 is 5.32 Å². The lowest BCUT2D eigenvalue weighted by atomic mass is 9.87. The predicted molar refractivity (Wildman–Crippen MR) is 93.5 cm³/mol. The third-order valence-electron chi connectivity index (χ3n) is 5.71. The maximum absolute atomic E-state index is 12.0. The average Bonchev–Trinajstić information content (AvgIpc) is 2.37. The first-order chi connectivity index (χ1) is 10.3. The van der Waals surface area contributed by atoms with E-state index >= 15 is 0 Å². The SMILES string of the molecule is CC(C)[Si](OC1CC(N2CCNCC2=O)C1)(C(C)C)C(C)C. The summed E-state index contributed by atoms with van der Waals surface area (Å²) in [7, 11) is -1.77. The molecule has 0 radical (unpaired) electrons. The standard InChI is InChI=1S/C17H34N2O2Si/c1-12(2)22(13(3)4,14(5)6)21-16-9-15(10-16)19-8-7-18-11-17(19)20/h12-16,18H,7-11H2,1-6H3. The summed E-state index contributed by atoms with van der Waals surface area (Å²) in [6.45, 7) is 16.3. The summed E-state index contributed by atoms with van der Waals surface area (Å²) >= 11 is 0. The summed E-state index contributed by atoms with van der Waals surface area (Å²) in [5, 5.41) is 3.15. The third-order valence-corrected chi connectivity index (χ3v) is 11.9. The maximum atomic E-state index is 12.0. The third kappa shape index (κ3) is 3.26. The molecule has 1 amide bonds. The number of nitrogens with one attached hydrogen (secondary N) is 1. The van der Waals surface area contributed by atoms with Gasteiger partial charge in [-0.1, -0.05) is 41.5 Å². The van der Waals surface area contributed by atoms with Gasteiger partial charge in [0.2, 0.25) is 14.2 Å². The summed E-state index contributed by atoms with van der Waals surface area (Å²) in [5.41, 5.74) is 1.90. The van der Waals surface area contributed by atoms with E-state index < -0.39 is 8.32 Å². The van der Waals surface area contributed by atoms with Crippen molar-refractivity contribution in [3.05, 3.63) is 0 Å². The van der Waals surface area contributed by atoms with Gasteiger partial charge in [0, 0.05) is 25.2 Å². The first-order valence-corrected chi connectivity index (χ1v) is 11.1. The molecule has 0 aromatic heterocycles. The fourth-order valence-corrected chi connectivity index (χ4v) is 10.2. The number of amides is 1. The molecular weight excluding hydrogens is 292 g/mol. The molecular formula is C17H34N2O2Si. The van der Waals surface area contributed by atoms with Crippen molar-refractivity contribution in [3.63, 3.8) is 0 Å². The van der Waals surface area contributed by atoms with E-state index in [-0.39, 0.29) is 5.91 Å². The molecule has 0 aromatic carbocycles. The normalized spacial score (nSPS) is 27.0. The molecule has 5 heteroatoms. The van der Waals surface area contributed by atoms with Crippen LogP contribution >= 0.6 is 0 Å². The number of hydrogen-bond donors (Lipinski definition) is 1. The highest BCUT2D eigenvalue weighted by Gasteiger charge is 2.49. The molecule has 2 rings (SSSR count). The monoisotopic (exact) mass is 326 g/mol. The quantitative estimate of drug-likeness (QED) is 0.763. The van der Waals surface area contributed by atoms with Gasteiger partial charge in [-0.25, -0.2) is 0 Å². The fourth-order valence-electron chi connectivity index (χ4n) is 4.59. The van der Waals surface area contributed by atoms with Gasteiger partial charge in [-0.3, -0.25) is 4.79 Å². The Morgan fingerprint density at radius 1 is 1.09 bits per heavy atom. The van der Waals surface area contributed by atoms with Gasteiger partial charge in [-0.15, -0.1) is 0 Å². The zero-order valence-electron chi connectivity index (χ0n) is 15.2. The lowest BCUT2D eigenvalue weighted by Gasteiger charge is -2.51. The minimum Gasteiger partial charge on any atom is -0.413 e. The molecule has 2 aliphatic rings. The molecule has 1 heterocycles. The number of carbonyl (C=O) groups excluding carboxylic acids is 1. The van der Waals surface area contributed by atoms with Crippen LogP contribution in [0.15, 0.2) is 0 Å². The van der Waals surface area contributed by atoms with Gasteiger partial charge in [0.25, 0.3) is 0 Å². The van der Waals surface area contributed by atoms with Gasteiger partial charge < -0.3 is 14.6 Å². The summed E-state index contributed by atoms with van der Waals surface area (Å²) in [6, 6.07) is 0.415. The summed E-state index contributed by atoms with van der Waals surface area (Å²) < 4.78 is 6.80. The van der Waals surface area contributed by atoms with Crippen LogP contribution in [0.1, 0.15) is 54.4 Å². The Labute approximate surface area is 137 Å². The van der Waals surface area contributed by atoms with Gasteiger partial charge in [0.05, 0.1) is 6.54 Å². The lowest BCUT2D eigenvalue weighted by molar-refractivity contribution is -0.138. The van der Waals surface area contributed by atoms with E-state index in [0.29, 0.717) is 35.3 Å². The van der Waals surface area contributed by atoms with Crippen LogP contribution in [0.5, 0.6) is 0 Å². The molecule has 1 aliphatic heterocycles. The van der Waals surface area contributed by atoms with E-state index in [1.54, 1.807) is 0 Å². The molecule has 1 N–H and O–H groups in total. The van der Waals surface area contributed by atoms with Crippen LogP contribution in [0.2, 0.25) is 16.6 Å². The first-order valence-electron chi connectivity index (χ1n) is 8.97. The molecule has 0 bridgehead atoms. The molecule has 0 atom stereocenters. The van der Waals surface area contributed by atoms with Gasteiger partial charge in [-0.2, -0.15) is 0 Å².